The van der Waals surface area contributed by atoms with E-state index in [1.807, 2.05) is 29.5 Å². The van der Waals surface area contributed by atoms with Crippen molar-refractivity contribution in [2.45, 2.75) is 38.9 Å². The summed E-state index contributed by atoms with van der Waals surface area (Å²) in [7, 11) is 4.93. The summed E-state index contributed by atoms with van der Waals surface area (Å²) in [6, 6.07) is 4.98. The average molecular weight is 760 g/mol. The van der Waals surface area contributed by atoms with Crippen molar-refractivity contribution in [3.63, 3.8) is 0 Å². The van der Waals surface area contributed by atoms with Crippen molar-refractivity contribution >= 4 is 33.2 Å². The number of methoxy groups -OCH3 is 1. The van der Waals surface area contributed by atoms with E-state index in [4.69, 9.17) is 24.5 Å². The van der Waals surface area contributed by atoms with Gasteiger partial charge in [0.1, 0.15) is 41.2 Å². The van der Waals surface area contributed by atoms with Crippen LogP contribution in [-0.4, -0.2) is 100 Å². The van der Waals surface area contributed by atoms with Gasteiger partial charge in [-0.3, -0.25) is 24.2 Å². The molecule has 1 unspecified atom stereocenters. The molecule has 54 heavy (non-hydrogen) atoms. The van der Waals surface area contributed by atoms with Gasteiger partial charge in [0.15, 0.2) is 0 Å². The normalized spacial score (nSPS) is 17.0. The number of halogens is 3. The van der Waals surface area contributed by atoms with Crippen molar-refractivity contribution in [3.8, 4) is 39.5 Å². The maximum Gasteiger partial charge on any atom is 0.246 e. The molecule has 11 nitrogen and oxygen atoms in total. The van der Waals surface area contributed by atoms with Crippen LogP contribution in [0.5, 0.6) is 5.75 Å². The lowest BCUT2D eigenvalue weighted by Crippen LogP contribution is -2.42. The number of amides is 2. The molecule has 2 atom stereocenters. The first-order chi connectivity index (χ1) is 25.9. The summed E-state index contributed by atoms with van der Waals surface area (Å²) in [5, 5.41) is 6.45. The highest BCUT2D eigenvalue weighted by atomic mass is 32.1. The van der Waals surface area contributed by atoms with Crippen LogP contribution in [0.3, 0.4) is 0 Å². The van der Waals surface area contributed by atoms with Crippen molar-refractivity contribution in [2.75, 3.05) is 54.1 Å². The minimum absolute atomic E-state index is 0.00230. The van der Waals surface area contributed by atoms with E-state index in [1.54, 1.807) is 36.2 Å². The molecule has 0 N–H and O–H groups in total. The van der Waals surface area contributed by atoms with E-state index < -0.39 is 17.5 Å². The Morgan fingerprint density at radius 3 is 2.61 bits per heavy atom. The largest absolute Gasteiger partial charge is 0.490 e. The van der Waals surface area contributed by atoms with E-state index in [2.05, 4.69) is 6.58 Å². The minimum Gasteiger partial charge on any atom is -0.490 e. The van der Waals surface area contributed by atoms with Crippen molar-refractivity contribution in [3.05, 3.63) is 82.9 Å². The fraction of sp³-hybridized carbons (Fsp3) is 0.359. The van der Waals surface area contributed by atoms with Gasteiger partial charge in [-0.15, -0.1) is 11.3 Å². The van der Waals surface area contributed by atoms with Crippen LogP contribution in [0.4, 0.5) is 13.2 Å². The second kappa shape index (κ2) is 15.0. The Morgan fingerprint density at radius 1 is 1.07 bits per heavy atom. The zero-order valence-electron chi connectivity index (χ0n) is 30.7. The van der Waals surface area contributed by atoms with Crippen molar-refractivity contribution in [1.29, 1.82) is 0 Å². The Kier molecular flexibility index (Phi) is 10.3. The average Bonchev–Trinajstić information content (AvgIpc) is 3.77. The summed E-state index contributed by atoms with van der Waals surface area (Å²) in [4.78, 5) is 40.4. The van der Waals surface area contributed by atoms with Gasteiger partial charge in [-0.1, -0.05) is 6.58 Å². The van der Waals surface area contributed by atoms with E-state index in [1.165, 1.54) is 18.6 Å². The van der Waals surface area contributed by atoms with Crippen LogP contribution in [0.1, 0.15) is 42.9 Å². The summed E-state index contributed by atoms with van der Waals surface area (Å²) < 4.78 is 60.3. The maximum atomic E-state index is 16.2. The number of fused-ring (bicyclic) bond motifs is 3. The molecule has 0 fully saturated rings. The molecule has 0 aliphatic carbocycles. The fourth-order valence-electron chi connectivity index (χ4n) is 7.17. The van der Waals surface area contributed by atoms with Crippen molar-refractivity contribution < 1.29 is 32.2 Å². The van der Waals surface area contributed by atoms with E-state index in [0.29, 0.717) is 42.0 Å². The molecule has 4 aromatic heterocycles. The SMILES string of the molecule is C=CC(=O)N1CC(C)n2nc(-c3nc(-c4cnc5c(c4)CCN(CC(=O)N(C)C)C5)c4c(F)csc4c3-c3c(F)cc(F)cc3OCCOC)cc2[C@H]1C. The fourth-order valence-corrected chi connectivity index (χ4v) is 8.14. The number of pyridine rings is 2. The van der Waals surface area contributed by atoms with Crippen LogP contribution in [0, 0.1) is 17.5 Å². The molecule has 1 aromatic carbocycles. The summed E-state index contributed by atoms with van der Waals surface area (Å²) in [5.41, 5.74) is 3.96. The molecule has 7 rings (SSSR count). The van der Waals surface area contributed by atoms with Gasteiger partial charge in [0.2, 0.25) is 11.8 Å². The van der Waals surface area contributed by atoms with Crippen LogP contribution in [0.2, 0.25) is 0 Å². The van der Waals surface area contributed by atoms with Gasteiger partial charge in [0.05, 0.1) is 53.3 Å². The van der Waals surface area contributed by atoms with Gasteiger partial charge in [-0.05, 0) is 44.0 Å². The first-order valence-corrected chi connectivity index (χ1v) is 18.4. The first kappa shape index (κ1) is 37.2. The molecular weight excluding hydrogens is 720 g/mol. The molecule has 15 heteroatoms. The lowest BCUT2D eigenvalue weighted by molar-refractivity contribution is -0.130. The number of ether oxygens (including phenoxy) is 2. The molecule has 6 heterocycles. The third-order valence-corrected chi connectivity index (χ3v) is 11.0. The van der Waals surface area contributed by atoms with Gasteiger partial charge in [0, 0.05) is 80.4 Å². The van der Waals surface area contributed by atoms with Crippen molar-refractivity contribution in [2.24, 2.45) is 0 Å². The summed E-state index contributed by atoms with van der Waals surface area (Å²) >= 11 is 1.07. The zero-order valence-corrected chi connectivity index (χ0v) is 31.5. The Hall–Kier alpha value is -5.12. The third-order valence-electron chi connectivity index (χ3n) is 9.98. The number of hydrogen-bond acceptors (Lipinski definition) is 9. The number of nitrogens with zero attached hydrogens (tertiary/aromatic N) is 7. The van der Waals surface area contributed by atoms with Crippen LogP contribution in [-0.2, 0) is 27.3 Å². The summed E-state index contributed by atoms with van der Waals surface area (Å²) in [6.45, 7) is 9.40. The molecule has 0 bridgehead atoms. The number of likely N-dealkylation sites (N-methyl/N-ethyl adjacent to an activating group) is 1. The van der Waals surface area contributed by atoms with Crippen LogP contribution < -0.4 is 4.74 Å². The second-order valence-electron chi connectivity index (χ2n) is 13.8. The molecule has 0 spiro atoms. The number of carbonyl (C=O) groups is 2. The smallest absolute Gasteiger partial charge is 0.246 e. The standard InChI is InChI=1S/C39H40F3N7O4S/c1-7-32(50)48-17-21(2)49-30(22(48)3)15-28(45-49)38-36(34-26(41)13-25(40)14-31(34)53-11-10-52-6)39-35(27(42)20-54-39)37(44-38)24-12-23-8-9-47(18-29(23)43-16-24)19-33(51)46(4)5/h7,12-16,20-22H,1,8-11,17-19H2,2-6H3/t21?,22-/m1/s1. The van der Waals surface area contributed by atoms with Crippen LogP contribution >= 0.6 is 11.3 Å². The van der Waals surface area contributed by atoms with E-state index >= 15 is 8.78 Å². The third kappa shape index (κ3) is 6.75. The van der Waals surface area contributed by atoms with Gasteiger partial charge < -0.3 is 19.3 Å². The number of rotatable bonds is 10. The number of carbonyl (C=O) groups excluding carboxylic acids is 2. The first-order valence-electron chi connectivity index (χ1n) is 17.5. The highest BCUT2D eigenvalue weighted by Gasteiger charge is 2.35. The van der Waals surface area contributed by atoms with Gasteiger partial charge in [0.25, 0.3) is 0 Å². The second-order valence-corrected chi connectivity index (χ2v) is 14.7. The van der Waals surface area contributed by atoms with Crippen LogP contribution in [0.15, 0.2) is 48.5 Å². The Balaban J connectivity index is 1.44. The molecule has 2 aliphatic rings. The van der Waals surface area contributed by atoms with E-state index in [0.717, 1.165) is 40.4 Å². The van der Waals surface area contributed by atoms with E-state index in [9.17, 15) is 14.0 Å². The summed E-state index contributed by atoms with van der Waals surface area (Å²) in [6.07, 6.45) is 3.53. The van der Waals surface area contributed by atoms with Crippen LogP contribution in [0.25, 0.3) is 43.9 Å². The predicted octanol–water partition coefficient (Wildman–Crippen LogP) is 6.43. The number of hydrogen-bond donors (Lipinski definition) is 0. The number of thiophene rings is 1. The highest BCUT2D eigenvalue weighted by Crippen LogP contribution is 2.48. The maximum absolute atomic E-state index is 16.2. The van der Waals surface area contributed by atoms with E-state index in [-0.39, 0.29) is 77.3 Å². The number of aromatic nitrogens is 4. The Bertz CT molecular complexity index is 2290. The Labute approximate surface area is 314 Å². The molecule has 2 aliphatic heterocycles. The molecule has 2 amide bonds. The quantitative estimate of drug-likeness (QED) is 0.119. The predicted molar refractivity (Wildman–Crippen MR) is 199 cm³/mol. The highest BCUT2D eigenvalue weighted by molar-refractivity contribution is 7.18. The Morgan fingerprint density at radius 2 is 1.87 bits per heavy atom. The summed E-state index contributed by atoms with van der Waals surface area (Å²) in [5.74, 6) is -2.66. The molecular formula is C39H40F3N7O4S. The molecule has 0 radical (unpaired) electrons. The van der Waals surface area contributed by atoms with Gasteiger partial charge in [-0.2, -0.15) is 5.10 Å². The molecule has 0 saturated heterocycles. The lowest BCUT2D eigenvalue weighted by atomic mass is 9.95. The van der Waals surface area contributed by atoms with Gasteiger partial charge >= 0.3 is 0 Å². The topological polar surface area (TPSA) is 106 Å². The van der Waals surface area contributed by atoms with Crippen molar-refractivity contribution in [1.82, 2.24) is 34.4 Å². The molecule has 5 aromatic rings. The van der Waals surface area contributed by atoms with Gasteiger partial charge in [-0.25, -0.2) is 18.2 Å². The monoisotopic (exact) mass is 759 g/mol. The number of benzene rings is 1. The lowest BCUT2D eigenvalue weighted by Gasteiger charge is -2.36. The minimum atomic E-state index is -0.922. The zero-order chi connectivity index (χ0) is 38.4. The molecule has 282 valence electrons. The molecule has 0 saturated carbocycles.